The largest absolute Gasteiger partial charge is 0.356 e. The van der Waals surface area contributed by atoms with Gasteiger partial charge >= 0.3 is 0 Å². The Balaban J connectivity index is 1.62. The molecule has 0 saturated carbocycles. The molecule has 1 aromatic carbocycles. The van der Waals surface area contributed by atoms with Gasteiger partial charge in [0.25, 0.3) is 0 Å². The number of carbonyl (C=O) groups excluding carboxylic acids is 1. The maximum Gasteiger partial charge on any atom is 0.217 e. The molecule has 1 amide bonds. The second-order valence-corrected chi connectivity index (χ2v) is 6.97. The first kappa shape index (κ1) is 17.5. The quantitative estimate of drug-likeness (QED) is 0.773. The summed E-state index contributed by atoms with van der Waals surface area (Å²) in [5, 5.41) is 2.96. The number of piperidine rings is 1. The molecule has 7 heteroatoms. The molecule has 0 spiro atoms. The molecule has 0 radical (unpaired) electrons. The molecule has 4 rings (SSSR count). The van der Waals surface area contributed by atoms with Crippen molar-refractivity contribution in [1.29, 1.82) is 0 Å². The summed E-state index contributed by atoms with van der Waals surface area (Å²) < 4.78 is 16.5. The first-order valence-corrected chi connectivity index (χ1v) is 9.12. The fourth-order valence-electron chi connectivity index (χ4n) is 3.70. The Morgan fingerprint density at radius 3 is 2.70 bits per heavy atom. The van der Waals surface area contributed by atoms with Crippen LogP contribution in [-0.4, -0.2) is 39.6 Å². The van der Waals surface area contributed by atoms with Crippen LogP contribution < -0.4 is 10.2 Å². The number of pyridine rings is 1. The zero-order chi connectivity index (χ0) is 19.0. The van der Waals surface area contributed by atoms with Crippen molar-refractivity contribution in [2.75, 3.05) is 18.0 Å². The average Bonchev–Trinajstić information content (AvgIpc) is 2.99. The summed E-state index contributed by atoms with van der Waals surface area (Å²) in [6.45, 7) is 3.08. The number of imidazole rings is 1. The molecule has 1 fully saturated rings. The minimum atomic E-state index is -0.384. The third-order valence-electron chi connectivity index (χ3n) is 5.10. The molecule has 0 atom stereocenters. The van der Waals surface area contributed by atoms with Gasteiger partial charge in [-0.2, -0.15) is 0 Å². The van der Waals surface area contributed by atoms with Gasteiger partial charge in [0.05, 0.1) is 22.8 Å². The number of benzene rings is 1. The van der Waals surface area contributed by atoms with Crippen molar-refractivity contribution < 1.29 is 9.18 Å². The van der Waals surface area contributed by atoms with E-state index in [2.05, 4.69) is 20.2 Å². The van der Waals surface area contributed by atoms with E-state index in [1.807, 2.05) is 35.9 Å². The van der Waals surface area contributed by atoms with Gasteiger partial charge in [-0.3, -0.25) is 4.79 Å². The van der Waals surface area contributed by atoms with E-state index in [0.717, 1.165) is 42.8 Å². The summed E-state index contributed by atoms with van der Waals surface area (Å²) in [5.41, 5.74) is 2.24. The number of halogens is 1. The van der Waals surface area contributed by atoms with Crippen LogP contribution >= 0.6 is 0 Å². The van der Waals surface area contributed by atoms with Crippen molar-refractivity contribution in [3.8, 4) is 11.4 Å². The molecule has 6 nitrogen and oxygen atoms in total. The first-order chi connectivity index (χ1) is 13.0. The van der Waals surface area contributed by atoms with Crippen molar-refractivity contribution >= 4 is 22.8 Å². The van der Waals surface area contributed by atoms with Crippen molar-refractivity contribution in [3.63, 3.8) is 0 Å². The van der Waals surface area contributed by atoms with Crippen molar-refractivity contribution in [2.24, 2.45) is 7.05 Å². The van der Waals surface area contributed by atoms with Crippen LogP contribution in [0.1, 0.15) is 19.8 Å². The Labute approximate surface area is 157 Å². The van der Waals surface area contributed by atoms with Crippen LogP contribution in [-0.2, 0) is 11.8 Å². The van der Waals surface area contributed by atoms with Gasteiger partial charge < -0.3 is 14.8 Å². The summed E-state index contributed by atoms with van der Waals surface area (Å²) in [6.07, 6.45) is 2.96. The lowest BCUT2D eigenvalue weighted by molar-refractivity contribution is -0.119. The highest BCUT2D eigenvalue weighted by Gasteiger charge is 2.22. The average molecular weight is 367 g/mol. The van der Waals surface area contributed by atoms with Gasteiger partial charge in [-0.05, 0) is 31.0 Å². The molecular formula is C20H22FN5O. The SMILES string of the molecule is CC(=O)NC1CCN(c2cc(-c3nc4ccccc4n3C)c(F)cn2)CC1. The fourth-order valence-corrected chi connectivity index (χ4v) is 3.70. The first-order valence-electron chi connectivity index (χ1n) is 9.12. The number of nitrogens with zero attached hydrogens (tertiary/aromatic N) is 4. The molecular weight excluding hydrogens is 345 g/mol. The highest BCUT2D eigenvalue weighted by molar-refractivity contribution is 5.81. The maximum absolute atomic E-state index is 14.6. The van der Waals surface area contributed by atoms with E-state index in [1.165, 1.54) is 13.1 Å². The third-order valence-corrected chi connectivity index (χ3v) is 5.10. The van der Waals surface area contributed by atoms with E-state index in [4.69, 9.17) is 0 Å². The molecule has 1 N–H and O–H groups in total. The predicted octanol–water partition coefficient (Wildman–Crippen LogP) is 2.88. The highest BCUT2D eigenvalue weighted by atomic mass is 19.1. The van der Waals surface area contributed by atoms with E-state index in [9.17, 15) is 9.18 Å². The molecule has 2 aromatic heterocycles. The number of anilines is 1. The van der Waals surface area contributed by atoms with Crippen LogP contribution in [0.4, 0.5) is 10.2 Å². The standard InChI is InChI=1S/C20H22FN5O/c1-13(27)23-14-7-9-26(10-8-14)19-11-15(16(21)12-22-19)20-24-17-5-3-4-6-18(17)25(20)2/h3-6,11-12,14H,7-10H2,1-2H3,(H,23,27). The molecule has 0 bridgehead atoms. The number of hydrogen-bond donors (Lipinski definition) is 1. The van der Waals surface area contributed by atoms with Gasteiger partial charge in [0.2, 0.25) is 5.91 Å². The van der Waals surface area contributed by atoms with Gasteiger partial charge in [-0.25, -0.2) is 14.4 Å². The molecule has 3 aromatic rings. The van der Waals surface area contributed by atoms with E-state index >= 15 is 0 Å². The summed E-state index contributed by atoms with van der Waals surface area (Å²) >= 11 is 0. The fraction of sp³-hybridized carbons (Fsp3) is 0.350. The van der Waals surface area contributed by atoms with Crippen LogP contribution in [0, 0.1) is 5.82 Å². The van der Waals surface area contributed by atoms with E-state index in [-0.39, 0.29) is 17.8 Å². The van der Waals surface area contributed by atoms with E-state index in [1.54, 1.807) is 6.07 Å². The summed E-state index contributed by atoms with van der Waals surface area (Å²) in [4.78, 5) is 22.2. The number of nitrogens with one attached hydrogen (secondary N) is 1. The van der Waals surface area contributed by atoms with Crippen LogP contribution in [0.25, 0.3) is 22.4 Å². The number of para-hydroxylation sites is 2. The van der Waals surface area contributed by atoms with Gasteiger partial charge in [-0.15, -0.1) is 0 Å². The molecule has 0 unspecified atom stereocenters. The Hall–Kier alpha value is -2.96. The van der Waals surface area contributed by atoms with Crippen LogP contribution in [0.2, 0.25) is 0 Å². The van der Waals surface area contributed by atoms with Crippen molar-refractivity contribution in [3.05, 3.63) is 42.3 Å². The number of amides is 1. The van der Waals surface area contributed by atoms with Crippen molar-refractivity contribution in [1.82, 2.24) is 19.9 Å². The van der Waals surface area contributed by atoms with Crippen molar-refractivity contribution in [2.45, 2.75) is 25.8 Å². The Bertz CT molecular complexity index is 991. The Kier molecular flexibility index (Phi) is 4.51. The number of fused-ring (bicyclic) bond motifs is 1. The molecule has 140 valence electrons. The Morgan fingerprint density at radius 1 is 1.26 bits per heavy atom. The van der Waals surface area contributed by atoms with Gasteiger partial charge in [0, 0.05) is 33.1 Å². The number of carbonyl (C=O) groups is 1. The summed E-state index contributed by atoms with van der Waals surface area (Å²) in [6, 6.07) is 9.73. The topological polar surface area (TPSA) is 63.1 Å². The second kappa shape index (κ2) is 6.98. The highest BCUT2D eigenvalue weighted by Crippen LogP contribution is 2.29. The molecule has 1 saturated heterocycles. The number of rotatable bonds is 3. The second-order valence-electron chi connectivity index (χ2n) is 6.97. The van der Waals surface area contributed by atoms with Gasteiger partial charge in [-0.1, -0.05) is 12.1 Å². The number of aromatic nitrogens is 3. The predicted molar refractivity (Wildman–Crippen MR) is 103 cm³/mol. The number of aryl methyl sites for hydroxylation is 1. The minimum absolute atomic E-state index is 0.00232. The number of hydrogen-bond acceptors (Lipinski definition) is 4. The molecule has 1 aliphatic heterocycles. The maximum atomic E-state index is 14.6. The van der Waals surface area contributed by atoms with Crippen LogP contribution in [0.3, 0.4) is 0 Å². The summed E-state index contributed by atoms with van der Waals surface area (Å²) in [5.74, 6) is 0.938. The van der Waals surface area contributed by atoms with Crippen LogP contribution in [0.5, 0.6) is 0 Å². The Morgan fingerprint density at radius 2 is 2.00 bits per heavy atom. The summed E-state index contributed by atoms with van der Waals surface area (Å²) in [7, 11) is 1.89. The monoisotopic (exact) mass is 367 g/mol. The van der Waals surface area contributed by atoms with Crippen LogP contribution in [0.15, 0.2) is 36.5 Å². The normalized spacial score (nSPS) is 15.3. The zero-order valence-electron chi connectivity index (χ0n) is 15.4. The van der Waals surface area contributed by atoms with E-state index in [0.29, 0.717) is 11.4 Å². The van der Waals surface area contributed by atoms with Gasteiger partial charge in [0.15, 0.2) is 5.82 Å². The third kappa shape index (κ3) is 3.37. The van der Waals surface area contributed by atoms with Gasteiger partial charge in [0.1, 0.15) is 11.6 Å². The lowest BCUT2D eigenvalue weighted by atomic mass is 10.0. The molecule has 3 heterocycles. The lowest BCUT2D eigenvalue weighted by Crippen LogP contribution is -2.44. The molecule has 1 aliphatic rings. The molecule has 27 heavy (non-hydrogen) atoms. The van der Waals surface area contributed by atoms with E-state index < -0.39 is 0 Å². The smallest absolute Gasteiger partial charge is 0.217 e. The minimum Gasteiger partial charge on any atom is -0.356 e. The lowest BCUT2D eigenvalue weighted by Gasteiger charge is -2.33. The molecule has 0 aliphatic carbocycles. The zero-order valence-corrected chi connectivity index (χ0v) is 15.4.